The molecule has 0 aromatic heterocycles. The lowest BCUT2D eigenvalue weighted by Crippen LogP contribution is -2.49. The van der Waals surface area contributed by atoms with Gasteiger partial charge in [-0.15, -0.1) is 0 Å². The van der Waals surface area contributed by atoms with Gasteiger partial charge in [0.1, 0.15) is 6.04 Å². The normalized spacial score (nSPS) is 11.8. The number of aryl methyl sites for hydroxylation is 2. The summed E-state index contributed by atoms with van der Waals surface area (Å²) in [6.45, 7) is 8.88. The van der Waals surface area contributed by atoms with Crippen LogP contribution in [0.15, 0.2) is 36.4 Å². The van der Waals surface area contributed by atoms with E-state index in [1.54, 1.807) is 17.0 Å². The maximum atomic E-state index is 13.4. The number of unbranched alkanes of at least 4 members (excludes halogenated alkanes) is 1. The Kier molecular flexibility index (Phi) is 9.86. The van der Waals surface area contributed by atoms with E-state index in [9.17, 15) is 9.59 Å². The average molecular weight is 463 g/mol. The van der Waals surface area contributed by atoms with Crippen LogP contribution in [-0.2, 0) is 22.6 Å². The molecule has 0 unspecified atom stereocenters. The van der Waals surface area contributed by atoms with Crippen molar-refractivity contribution in [1.29, 1.82) is 0 Å². The average Bonchev–Trinajstić information content (AvgIpc) is 2.68. The minimum absolute atomic E-state index is 0.103. The summed E-state index contributed by atoms with van der Waals surface area (Å²) in [6, 6.07) is 10.8. The molecule has 1 atom stereocenters. The number of benzene rings is 2. The van der Waals surface area contributed by atoms with E-state index in [1.165, 1.54) is 0 Å². The highest BCUT2D eigenvalue weighted by molar-refractivity contribution is 6.35. The zero-order valence-corrected chi connectivity index (χ0v) is 20.3. The highest BCUT2D eigenvalue weighted by Crippen LogP contribution is 2.24. The van der Waals surface area contributed by atoms with Crippen molar-refractivity contribution in [1.82, 2.24) is 10.2 Å². The fraction of sp³-hybridized carbons (Fsp3) is 0.440. The Morgan fingerprint density at radius 1 is 1.03 bits per heavy atom. The molecule has 0 saturated heterocycles. The molecule has 0 aliphatic rings. The third kappa shape index (κ3) is 7.55. The number of amides is 2. The third-order valence-corrected chi connectivity index (χ3v) is 5.80. The van der Waals surface area contributed by atoms with Gasteiger partial charge >= 0.3 is 0 Å². The van der Waals surface area contributed by atoms with E-state index in [1.807, 2.05) is 39.0 Å². The van der Waals surface area contributed by atoms with Crippen molar-refractivity contribution in [2.45, 2.75) is 66.0 Å². The second-order valence-corrected chi connectivity index (χ2v) is 8.84. The van der Waals surface area contributed by atoms with Crippen LogP contribution < -0.4 is 5.32 Å². The molecule has 4 nitrogen and oxygen atoms in total. The van der Waals surface area contributed by atoms with Crippen molar-refractivity contribution in [3.63, 3.8) is 0 Å². The molecule has 0 fully saturated rings. The molecular formula is C25H32Cl2N2O2. The molecule has 0 heterocycles. The van der Waals surface area contributed by atoms with Crippen LogP contribution in [-0.4, -0.2) is 29.3 Å². The zero-order valence-electron chi connectivity index (χ0n) is 18.8. The summed E-state index contributed by atoms with van der Waals surface area (Å²) in [6.07, 6.45) is 2.64. The monoisotopic (exact) mass is 462 g/mol. The van der Waals surface area contributed by atoms with Gasteiger partial charge in [-0.1, -0.05) is 78.9 Å². The van der Waals surface area contributed by atoms with E-state index < -0.39 is 6.04 Å². The molecule has 0 aliphatic carbocycles. The van der Waals surface area contributed by atoms with Crippen LogP contribution in [0.4, 0.5) is 0 Å². The van der Waals surface area contributed by atoms with Gasteiger partial charge in [0.05, 0.1) is 6.42 Å². The van der Waals surface area contributed by atoms with Crippen LogP contribution in [0.3, 0.4) is 0 Å². The fourth-order valence-electron chi connectivity index (χ4n) is 3.71. The summed E-state index contributed by atoms with van der Waals surface area (Å²) < 4.78 is 0. The number of hydrogen-bond acceptors (Lipinski definition) is 2. The van der Waals surface area contributed by atoms with Crippen molar-refractivity contribution in [2.24, 2.45) is 0 Å². The van der Waals surface area contributed by atoms with Crippen molar-refractivity contribution in [3.8, 4) is 0 Å². The molecule has 31 heavy (non-hydrogen) atoms. The predicted molar refractivity (Wildman–Crippen MR) is 129 cm³/mol. The molecule has 0 aliphatic heterocycles. The Labute approximate surface area is 195 Å². The lowest BCUT2D eigenvalue weighted by Gasteiger charge is -2.31. The van der Waals surface area contributed by atoms with Crippen LogP contribution >= 0.6 is 23.2 Å². The lowest BCUT2D eigenvalue weighted by molar-refractivity contribution is -0.140. The maximum absolute atomic E-state index is 13.4. The number of carbonyl (C=O) groups is 2. The summed E-state index contributed by atoms with van der Waals surface area (Å²) in [5.74, 6) is -0.233. The van der Waals surface area contributed by atoms with Crippen molar-refractivity contribution in [2.75, 3.05) is 6.54 Å². The molecule has 0 saturated carbocycles. The van der Waals surface area contributed by atoms with E-state index in [2.05, 4.69) is 18.3 Å². The Bertz CT molecular complexity index is 894. The largest absolute Gasteiger partial charge is 0.354 e. The number of halogens is 2. The van der Waals surface area contributed by atoms with Gasteiger partial charge < -0.3 is 10.2 Å². The second-order valence-electron chi connectivity index (χ2n) is 8.00. The minimum atomic E-state index is -0.568. The zero-order chi connectivity index (χ0) is 23.0. The van der Waals surface area contributed by atoms with Crippen molar-refractivity contribution >= 4 is 35.0 Å². The van der Waals surface area contributed by atoms with Crippen LogP contribution in [0.1, 0.15) is 55.4 Å². The third-order valence-electron chi connectivity index (χ3n) is 5.21. The Morgan fingerprint density at radius 3 is 2.29 bits per heavy atom. The molecule has 0 radical (unpaired) electrons. The van der Waals surface area contributed by atoms with E-state index >= 15 is 0 Å². The van der Waals surface area contributed by atoms with Gasteiger partial charge in [-0.05, 0) is 49.9 Å². The van der Waals surface area contributed by atoms with Crippen LogP contribution in [0.2, 0.25) is 10.0 Å². The van der Waals surface area contributed by atoms with Crippen LogP contribution in [0.5, 0.6) is 0 Å². The number of nitrogens with one attached hydrogen (secondary N) is 1. The van der Waals surface area contributed by atoms with Gasteiger partial charge in [-0.25, -0.2) is 0 Å². The molecule has 2 aromatic carbocycles. The van der Waals surface area contributed by atoms with Crippen LogP contribution in [0.25, 0.3) is 0 Å². The first-order valence-electron chi connectivity index (χ1n) is 10.8. The molecular weight excluding hydrogens is 431 g/mol. The second kappa shape index (κ2) is 12.1. The van der Waals surface area contributed by atoms with Gasteiger partial charge in [0.2, 0.25) is 11.8 Å². The maximum Gasteiger partial charge on any atom is 0.242 e. The highest BCUT2D eigenvalue weighted by atomic mass is 35.5. The SMILES string of the molecule is CCCCNC(=O)[C@H](CC)N(Cc1ccc(Cl)cc1Cl)C(=O)Cc1cc(C)cc(C)c1. The van der Waals surface area contributed by atoms with Crippen LogP contribution in [0, 0.1) is 13.8 Å². The van der Waals surface area contributed by atoms with Crippen molar-refractivity contribution < 1.29 is 9.59 Å². The first-order valence-corrected chi connectivity index (χ1v) is 11.6. The highest BCUT2D eigenvalue weighted by Gasteiger charge is 2.29. The molecule has 0 bridgehead atoms. The van der Waals surface area contributed by atoms with Gasteiger partial charge in [-0.3, -0.25) is 9.59 Å². The molecule has 2 aromatic rings. The predicted octanol–water partition coefficient (Wildman–Crippen LogP) is 5.88. The minimum Gasteiger partial charge on any atom is -0.354 e. The first-order chi connectivity index (χ1) is 14.7. The fourth-order valence-corrected chi connectivity index (χ4v) is 4.17. The summed E-state index contributed by atoms with van der Waals surface area (Å²) >= 11 is 12.4. The molecule has 0 spiro atoms. The Morgan fingerprint density at radius 2 is 1.71 bits per heavy atom. The molecule has 168 valence electrons. The smallest absolute Gasteiger partial charge is 0.242 e. The summed E-state index contributed by atoms with van der Waals surface area (Å²) in [5, 5.41) is 3.99. The van der Waals surface area contributed by atoms with Gasteiger partial charge in [-0.2, -0.15) is 0 Å². The summed E-state index contributed by atoms with van der Waals surface area (Å²) in [4.78, 5) is 28.0. The summed E-state index contributed by atoms with van der Waals surface area (Å²) in [5.41, 5.74) is 3.93. The van der Waals surface area contributed by atoms with E-state index in [0.29, 0.717) is 23.0 Å². The molecule has 6 heteroatoms. The van der Waals surface area contributed by atoms with Gasteiger partial charge in [0.15, 0.2) is 0 Å². The number of nitrogens with zero attached hydrogens (tertiary/aromatic N) is 1. The van der Waals surface area contributed by atoms with Gasteiger partial charge in [0, 0.05) is 23.1 Å². The molecule has 1 N–H and O–H groups in total. The number of hydrogen-bond donors (Lipinski definition) is 1. The van der Waals surface area contributed by atoms with E-state index in [-0.39, 0.29) is 24.8 Å². The van der Waals surface area contributed by atoms with E-state index in [4.69, 9.17) is 23.2 Å². The topological polar surface area (TPSA) is 49.4 Å². The molecule has 2 amide bonds. The van der Waals surface area contributed by atoms with Gasteiger partial charge in [0.25, 0.3) is 0 Å². The molecule has 2 rings (SSSR count). The Balaban J connectivity index is 2.32. The van der Waals surface area contributed by atoms with Crippen molar-refractivity contribution in [3.05, 3.63) is 68.7 Å². The number of rotatable bonds is 10. The summed E-state index contributed by atoms with van der Waals surface area (Å²) in [7, 11) is 0. The number of carbonyl (C=O) groups excluding carboxylic acids is 2. The standard InChI is InChI=1S/C25H32Cl2N2O2/c1-5-7-10-28-25(31)23(6-2)29(16-20-8-9-21(26)15-22(20)27)24(30)14-19-12-17(3)11-18(4)13-19/h8-9,11-13,15,23H,5-7,10,14,16H2,1-4H3,(H,28,31)/t23-/m0/s1. The quantitative estimate of drug-likeness (QED) is 0.448. The lowest BCUT2D eigenvalue weighted by atomic mass is 10.0. The first kappa shape index (κ1) is 25.2. The Hall–Kier alpha value is -2.04. The van der Waals surface area contributed by atoms with E-state index in [0.717, 1.165) is 35.1 Å².